The average molecular weight is 450 g/mol. The molecule has 0 saturated carbocycles. The number of unbranched alkanes of at least 4 members (excludes halogenated alkanes) is 3. The van der Waals surface area contributed by atoms with Crippen LogP contribution in [0.5, 0.6) is 0 Å². The van der Waals surface area contributed by atoms with Crippen molar-refractivity contribution in [1.82, 2.24) is 15.3 Å². The Bertz CT molecular complexity index is 784. The van der Waals surface area contributed by atoms with Gasteiger partial charge in [0.1, 0.15) is 11.0 Å². The highest BCUT2D eigenvalue weighted by Gasteiger charge is 2.10. The van der Waals surface area contributed by atoms with Gasteiger partial charge in [0, 0.05) is 37.0 Å². The van der Waals surface area contributed by atoms with E-state index in [-0.39, 0.29) is 5.91 Å². The molecule has 0 bridgehead atoms. The van der Waals surface area contributed by atoms with Gasteiger partial charge < -0.3 is 16.0 Å². The van der Waals surface area contributed by atoms with Gasteiger partial charge in [0.15, 0.2) is 5.16 Å². The first-order valence-electron chi connectivity index (χ1n) is 10.6. The lowest BCUT2D eigenvalue weighted by molar-refractivity contribution is 0.0953. The Morgan fingerprint density at radius 1 is 1.10 bits per heavy atom. The van der Waals surface area contributed by atoms with E-state index in [1.165, 1.54) is 11.8 Å². The van der Waals surface area contributed by atoms with Gasteiger partial charge in [0.05, 0.1) is 0 Å². The molecule has 6 nitrogen and oxygen atoms in total. The second kappa shape index (κ2) is 13.5. The van der Waals surface area contributed by atoms with Crippen molar-refractivity contribution in [3.63, 3.8) is 0 Å². The number of amides is 1. The van der Waals surface area contributed by atoms with E-state index in [1.54, 1.807) is 6.07 Å². The molecule has 0 unspecified atom stereocenters. The molecule has 1 heterocycles. The predicted octanol–water partition coefficient (Wildman–Crippen LogP) is 4.52. The highest BCUT2D eigenvalue weighted by molar-refractivity contribution is 7.98. The number of nitrogens with zero attached hydrogens (tertiary/aromatic N) is 3. The Morgan fingerprint density at radius 3 is 2.47 bits per heavy atom. The van der Waals surface area contributed by atoms with Crippen molar-refractivity contribution >= 4 is 35.1 Å². The van der Waals surface area contributed by atoms with E-state index in [2.05, 4.69) is 34.0 Å². The van der Waals surface area contributed by atoms with Gasteiger partial charge in [-0.2, -0.15) is 0 Å². The van der Waals surface area contributed by atoms with Crippen molar-refractivity contribution < 1.29 is 4.79 Å². The minimum Gasteiger partial charge on any atom is -0.357 e. The van der Waals surface area contributed by atoms with E-state index in [0.29, 0.717) is 28.2 Å². The fraction of sp³-hybridized carbons (Fsp3) is 0.500. The summed E-state index contributed by atoms with van der Waals surface area (Å²) in [5, 5.41) is 4.07. The second-order valence-electron chi connectivity index (χ2n) is 6.95. The van der Waals surface area contributed by atoms with Crippen LogP contribution >= 0.6 is 23.4 Å². The number of nitrogens with one attached hydrogen (secondary N) is 1. The molecule has 2 rings (SSSR count). The van der Waals surface area contributed by atoms with Crippen molar-refractivity contribution in [2.75, 3.05) is 31.1 Å². The molecule has 0 atom stereocenters. The third kappa shape index (κ3) is 8.13. The maximum absolute atomic E-state index is 12.2. The van der Waals surface area contributed by atoms with Gasteiger partial charge in [-0.1, -0.05) is 48.3 Å². The first-order valence-corrected chi connectivity index (χ1v) is 11.9. The zero-order valence-electron chi connectivity index (χ0n) is 17.9. The fourth-order valence-corrected chi connectivity index (χ4v) is 4.02. The summed E-state index contributed by atoms with van der Waals surface area (Å²) in [6.07, 6.45) is 4.24. The monoisotopic (exact) mass is 449 g/mol. The summed E-state index contributed by atoms with van der Waals surface area (Å²) in [5.74, 6) is 1.52. The van der Waals surface area contributed by atoms with Gasteiger partial charge in [-0.25, -0.2) is 9.97 Å². The zero-order valence-corrected chi connectivity index (χ0v) is 19.4. The first kappa shape index (κ1) is 24.4. The molecule has 3 N–H and O–H groups in total. The van der Waals surface area contributed by atoms with Gasteiger partial charge in [0.2, 0.25) is 0 Å². The van der Waals surface area contributed by atoms with E-state index in [4.69, 9.17) is 17.3 Å². The highest BCUT2D eigenvalue weighted by Crippen LogP contribution is 2.24. The quantitative estimate of drug-likeness (QED) is 0.202. The Morgan fingerprint density at radius 2 is 1.80 bits per heavy atom. The number of nitrogens with two attached hydrogens (primary N) is 1. The van der Waals surface area contributed by atoms with Crippen LogP contribution in [0.1, 0.15) is 55.5 Å². The number of anilines is 1. The predicted molar refractivity (Wildman–Crippen MR) is 126 cm³/mol. The zero-order chi connectivity index (χ0) is 21.8. The molecule has 8 heteroatoms. The van der Waals surface area contributed by atoms with Crippen molar-refractivity contribution in [3.05, 3.63) is 46.6 Å². The minimum absolute atomic E-state index is 0.0323. The molecule has 0 radical (unpaired) electrons. The Labute approximate surface area is 189 Å². The van der Waals surface area contributed by atoms with E-state index in [9.17, 15) is 4.79 Å². The molecule has 0 saturated heterocycles. The number of hydrogen-bond donors (Lipinski definition) is 2. The van der Waals surface area contributed by atoms with Gasteiger partial charge in [-0.05, 0) is 50.9 Å². The maximum atomic E-state index is 12.2. The summed E-state index contributed by atoms with van der Waals surface area (Å²) >= 11 is 7.72. The largest absolute Gasteiger partial charge is 0.357 e. The molecular formula is C22H32ClN5OS. The molecular weight excluding hydrogens is 418 g/mol. The van der Waals surface area contributed by atoms with Crippen LogP contribution in [0.15, 0.2) is 35.5 Å². The van der Waals surface area contributed by atoms with Gasteiger partial charge in [-0.15, -0.1) is 0 Å². The number of carbonyl (C=O) groups excluding carboxylic acids is 1. The van der Waals surface area contributed by atoms with Gasteiger partial charge in [0.25, 0.3) is 5.91 Å². The number of carbonyl (C=O) groups is 1. The highest BCUT2D eigenvalue weighted by atomic mass is 35.5. The summed E-state index contributed by atoms with van der Waals surface area (Å²) < 4.78 is 0. The van der Waals surface area contributed by atoms with E-state index in [1.807, 2.05) is 24.3 Å². The summed E-state index contributed by atoms with van der Waals surface area (Å²) in [7, 11) is 0. The standard InChI is InChI=1S/C22H32ClN5OS/c1-3-28(4-2)20-15-19(23)26-22(27-20)30-16-17-9-11-18(12-10-17)21(29)25-14-8-6-5-7-13-24/h9-12,15H,3-8,13-14,16,24H2,1-2H3,(H,25,29). The smallest absolute Gasteiger partial charge is 0.251 e. The normalized spacial score (nSPS) is 10.8. The SMILES string of the molecule is CCN(CC)c1cc(Cl)nc(SCc2ccc(C(=O)NCCCCCCN)cc2)n1. The lowest BCUT2D eigenvalue weighted by Gasteiger charge is -2.20. The molecule has 30 heavy (non-hydrogen) atoms. The van der Waals surface area contributed by atoms with Crippen molar-refractivity contribution in [3.8, 4) is 0 Å². The van der Waals surface area contributed by atoms with E-state index < -0.39 is 0 Å². The molecule has 0 aliphatic heterocycles. The van der Waals surface area contributed by atoms with Crippen molar-refractivity contribution in [1.29, 1.82) is 0 Å². The number of hydrogen-bond acceptors (Lipinski definition) is 6. The summed E-state index contributed by atoms with van der Waals surface area (Å²) in [6.45, 7) is 7.34. The van der Waals surface area contributed by atoms with Crippen LogP contribution in [0, 0.1) is 0 Å². The lowest BCUT2D eigenvalue weighted by atomic mass is 10.1. The molecule has 1 aromatic carbocycles. The first-order chi connectivity index (χ1) is 14.6. The topological polar surface area (TPSA) is 84.1 Å². The minimum atomic E-state index is -0.0323. The summed E-state index contributed by atoms with van der Waals surface area (Å²) in [6, 6.07) is 9.46. The molecule has 0 spiro atoms. The number of thioether (sulfide) groups is 1. The molecule has 0 fully saturated rings. The summed E-state index contributed by atoms with van der Waals surface area (Å²) in [4.78, 5) is 23.3. The number of rotatable bonds is 13. The van der Waals surface area contributed by atoms with Crippen molar-refractivity contribution in [2.45, 2.75) is 50.4 Å². The van der Waals surface area contributed by atoms with Crippen LogP contribution in [0.25, 0.3) is 0 Å². The number of halogens is 1. The van der Waals surface area contributed by atoms with Crippen molar-refractivity contribution in [2.24, 2.45) is 5.73 Å². The van der Waals surface area contributed by atoms with Gasteiger partial charge >= 0.3 is 0 Å². The van der Waals surface area contributed by atoms with Crippen LogP contribution in [0.2, 0.25) is 5.15 Å². The van der Waals surface area contributed by atoms with Crippen LogP contribution in [-0.4, -0.2) is 42.1 Å². The van der Waals surface area contributed by atoms with Gasteiger partial charge in [-0.3, -0.25) is 4.79 Å². The molecule has 164 valence electrons. The van der Waals surface area contributed by atoms with Crippen LogP contribution in [-0.2, 0) is 5.75 Å². The molecule has 0 aliphatic carbocycles. The fourth-order valence-electron chi connectivity index (χ4n) is 2.99. The Kier molecular flexibility index (Phi) is 11.0. The number of aromatic nitrogens is 2. The second-order valence-corrected chi connectivity index (χ2v) is 8.28. The van der Waals surface area contributed by atoms with Crippen LogP contribution in [0.3, 0.4) is 0 Å². The molecule has 1 aromatic heterocycles. The molecule has 0 aliphatic rings. The maximum Gasteiger partial charge on any atom is 0.251 e. The average Bonchev–Trinajstić information content (AvgIpc) is 2.75. The molecule has 1 amide bonds. The van der Waals surface area contributed by atoms with Crippen LogP contribution < -0.4 is 16.0 Å². The third-order valence-corrected chi connectivity index (χ3v) is 5.86. The van der Waals surface area contributed by atoms with E-state index in [0.717, 1.165) is 56.7 Å². The van der Waals surface area contributed by atoms with E-state index >= 15 is 0 Å². The summed E-state index contributed by atoms with van der Waals surface area (Å²) in [5.41, 5.74) is 7.26. The third-order valence-electron chi connectivity index (χ3n) is 4.75. The molecule has 2 aromatic rings. The Hall–Kier alpha value is -1.83. The number of benzene rings is 1. The Balaban J connectivity index is 1.85. The van der Waals surface area contributed by atoms with Crippen LogP contribution in [0.4, 0.5) is 5.82 Å². The lowest BCUT2D eigenvalue weighted by Crippen LogP contribution is -2.24.